The summed E-state index contributed by atoms with van der Waals surface area (Å²) < 4.78 is 0. The van der Waals surface area contributed by atoms with Gasteiger partial charge in [-0.1, -0.05) is 26.0 Å². The van der Waals surface area contributed by atoms with Crippen LogP contribution in [0.1, 0.15) is 13.8 Å². The van der Waals surface area contributed by atoms with Gasteiger partial charge in [0, 0.05) is 12.1 Å². The van der Waals surface area contributed by atoms with Gasteiger partial charge < -0.3 is 10.0 Å². The summed E-state index contributed by atoms with van der Waals surface area (Å²) in [5.74, 6) is 0. The molecule has 6 heteroatoms. The Balaban J connectivity index is 0.000000791. The molecule has 0 aliphatic rings. The number of nitrogens with zero attached hydrogens (tertiary/aromatic N) is 1. The van der Waals surface area contributed by atoms with E-state index in [1.165, 1.54) is 24.3 Å². The predicted molar refractivity (Wildman–Crippen MR) is 54.3 cm³/mol. The number of hydrogen-bond acceptors (Lipinski definition) is 4. The molecule has 0 spiro atoms. The van der Waals surface area contributed by atoms with Crippen LogP contribution in [0.15, 0.2) is 24.3 Å². The van der Waals surface area contributed by atoms with Crippen molar-refractivity contribution < 1.29 is 15.0 Å². The molecule has 0 aromatic heterocycles. The van der Waals surface area contributed by atoms with Crippen LogP contribution in [0.4, 0.5) is 5.69 Å². The van der Waals surface area contributed by atoms with Crippen LogP contribution >= 0.6 is 0 Å². The third kappa shape index (κ3) is 3.55. The summed E-state index contributed by atoms with van der Waals surface area (Å²) in [5, 5.41) is 27.4. The molecule has 1 aromatic rings. The number of rotatable bonds is 2. The summed E-state index contributed by atoms with van der Waals surface area (Å²) in [6, 6.07) is 5.02. The molecule has 0 saturated carbocycles. The molecule has 1 rings (SSSR count). The van der Waals surface area contributed by atoms with Gasteiger partial charge in [-0.05, 0) is 5.46 Å². The standard InChI is InChI=1S/C6H6BNO4.C2H6/c9-7(10)5-1-3-6(4-2-5)8(11)12;1-2/h1-4,9-10H;1-2H3. The molecule has 0 radical (unpaired) electrons. The van der Waals surface area contributed by atoms with Gasteiger partial charge in [0.2, 0.25) is 0 Å². The van der Waals surface area contributed by atoms with Crippen LogP contribution in [0, 0.1) is 10.1 Å². The summed E-state index contributed by atoms with van der Waals surface area (Å²) in [7, 11) is -1.58. The molecule has 5 nitrogen and oxygen atoms in total. The highest BCUT2D eigenvalue weighted by atomic mass is 16.6. The van der Waals surface area contributed by atoms with E-state index in [-0.39, 0.29) is 11.2 Å². The molecule has 0 atom stereocenters. The van der Waals surface area contributed by atoms with Gasteiger partial charge in [-0.3, -0.25) is 10.1 Å². The Morgan fingerprint density at radius 2 is 1.64 bits per heavy atom. The quantitative estimate of drug-likeness (QED) is 0.405. The number of hydrogen-bond donors (Lipinski definition) is 2. The Bertz CT molecular complexity index is 286. The Morgan fingerprint density at radius 1 is 1.21 bits per heavy atom. The van der Waals surface area contributed by atoms with Gasteiger partial charge in [0.05, 0.1) is 4.92 Å². The minimum atomic E-state index is -1.58. The van der Waals surface area contributed by atoms with Crippen LogP contribution in [-0.2, 0) is 0 Å². The van der Waals surface area contributed by atoms with Gasteiger partial charge in [-0.2, -0.15) is 0 Å². The van der Waals surface area contributed by atoms with E-state index in [9.17, 15) is 10.1 Å². The predicted octanol–water partition coefficient (Wildman–Crippen LogP) is 0.301. The SMILES string of the molecule is CC.O=[N+]([O-])c1ccc(B(O)O)cc1. The van der Waals surface area contributed by atoms with E-state index in [2.05, 4.69) is 0 Å². The first-order valence-electron chi connectivity index (χ1n) is 4.22. The molecule has 0 bridgehead atoms. The molecule has 0 aliphatic heterocycles. The first-order chi connectivity index (χ1) is 6.61. The van der Waals surface area contributed by atoms with Crippen molar-refractivity contribution >= 4 is 18.3 Å². The smallest absolute Gasteiger partial charge is 0.423 e. The van der Waals surface area contributed by atoms with Crippen molar-refractivity contribution in [2.45, 2.75) is 13.8 Å². The van der Waals surface area contributed by atoms with Crippen molar-refractivity contribution in [3.05, 3.63) is 34.4 Å². The van der Waals surface area contributed by atoms with Crippen molar-refractivity contribution in [1.29, 1.82) is 0 Å². The third-order valence-electron chi connectivity index (χ3n) is 1.40. The monoisotopic (exact) mass is 197 g/mol. The van der Waals surface area contributed by atoms with Crippen LogP contribution in [-0.4, -0.2) is 22.1 Å². The summed E-state index contributed by atoms with van der Waals surface area (Å²) in [5.41, 5.74) is 0.167. The maximum atomic E-state index is 10.2. The van der Waals surface area contributed by atoms with Crippen LogP contribution < -0.4 is 5.46 Å². The van der Waals surface area contributed by atoms with Crippen LogP contribution in [0.2, 0.25) is 0 Å². The fourth-order valence-electron chi connectivity index (χ4n) is 0.768. The molecular formula is C8H12BNO4. The topological polar surface area (TPSA) is 83.6 Å². The van der Waals surface area contributed by atoms with Crippen molar-refractivity contribution in [3.8, 4) is 0 Å². The molecule has 0 saturated heterocycles. The summed E-state index contributed by atoms with van der Waals surface area (Å²) >= 11 is 0. The second-order valence-corrected chi connectivity index (χ2v) is 2.22. The molecule has 14 heavy (non-hydrogen) atoms. The zero-order valence-corrected chi connectivity index (χ0v) is 8.04. The number of benzene rings is 1. The highest BCUT2D eigenvalue weighted by molar-refractivity contribution is 6.58. The number of nitro groups is 1. The van der Waals surface area contributed by atoms with E-state index in [1.807, 2.05) is 13.8 Å². The molecule has 0 unspecified atom stereocenters. The van der Waals surface area contributed by atoms with Gasteiger partial charge in [-0.25, -0.2) is 0 Å². The minimum absolute atomic E-state index is 0.0700. The second-order valence-electron chi connectivity index (χ2n) is 2.22. The number of non-ortho nitro benzene ring substituents is 1. The highest BCUT2D eigenvalue weighted by Crippen LogP contribution is 2.06. The largest absolute Gasteiger partial charge is 0.488 e. The molecular weight excluding hydrogens is 185 g/mol. The molecule has 2 N–H and O–H groups in total. The Labute approximate surface area is 82.3 Å². The average molecular weight is 197 g/mol. The lowest BCUT2D eigenvalue weighted by Gasteiger charge is -1.96. The first-order valence-corrected chi connectivity index (χ1v) is 4.22. The molecule has 76 valence electrons. The Hall–Kier alpha value is -1.40. The zero-order valence-electron chi connectivity index (χ0n) is 8.04. The van der Waals surface area contributed by atoms with Crippen molar-refractivity contribution in [2.75, 3.05) is 0 Å². The molecule has 0 heterocycles. The second kappa shape index (κ2) is 6.12. The first kappa shape index (κ1) is 12.6. The fourth-order valence-corrected chi connectivity index (χ4v) is 0.768. The van der Waals surface area contributed by atoms with Gasteiger partial charge in [0.15, 0.2) is 0 Å². The maximum absolute atomic E-state index is 10.2. The van der Waals surface area contributed by atoms with Crippen molar-refractivity contribution in [3.63, 3.8) is 0 Å². The van der Waals surface area contributed by atoms with Crippen molar-refractivity contribution in [1.82, 2.24) is 0 Å². The summed E-state index contributed by atoms with van der Waals surface area (Å²) in [4.78, 5) is 9.61. The molecule has 0 amide bonds. The summed E-state index contributed by atoms with van der Waals surface area (Å²) in [6.45, 7) is 4.00. The molecule has 1 aromatic carbocycles. The van der Waals surface area contributed by atoms with Gasteiger partial charge >= 0.3 is 7.12 Å². The van der Waals surface area contributed by atoms with Gasteiger partial charge in [0.25, 0.3) is 5.69 Å². The van der Waals surface area contributed by atoms with E-state index in [1.54, 1.807) is 0 Å². The van der Waals surface area contributed by atoms with Gasteiger partial charge in [0.1, 0.15) is 0 Å². The maximum Gasteiger partial charge on any atom is 0.488 e. The van der Waals surface area contributed by atoms with E-state index < -0.39 is 12.0 Å². The van der Waals surface area contributed by atoms with Crippen molar-refractivity contribution in [2.24, 2.45) is 0 Å². The van der Waals surface area contributed by atoms with E-state index >= 15 is 0 Å². The van der Waals surface area contributed by atoms with E-state index in [0.29, 0.717) is 0 Å². The average Bonchev–Trinajstić information content (AvgIpc) is 2.21. The Morgan fingerprint density at radius 3 is 1.93 bits per heavy atom. The normalized spacial score (nSPS) is 8.57. The molecule has 0 aliphatic carbocycles. The van der Waals surface area contributed by atoms with Gasteiger partial charge in [-0.15, -0.1) is 0 Å². The zero-order chi connectivity index (χ0) is 11.1. The highest BCUT2D eigenvalue weighted by Gasteiger charge is 2.12. The van der Waals surface area contributed by atoms with Crippen LogP contribution in [0.3, 0.4) is 0 Å². The lowest BCUT2D eigenvalue weighted by Crippen LogP contribution is -2.29. The fraction of sp³-hybridized carbons (Fsp3) is 0.250. The lowest BCUT2D eigenvalue weighted by atomic mass is 9.80. The van der Waals surface area contributed by atoms with E-state index in [4.69, 9.17) is 10.0 Å². The Kier molecular flexibility index (Phi) is 5.51. The molecule has 0 fully saturated rings. The minimum Gasteiger partial charge on any atom is -0.423 e. The summed E-state index contributed by atoms with van der Waals surface area (Å²) in [6.07, 6.45) is 0. The third-order valence-corrected chi connectivity index (χ3v) is 1.40. The number of nitro benzene ring substituents is 1. The van der Waals surface area contributed by atoms with E-state index in [0.717, 1.165) is 0 Å². The lowest BCUT2D eigenvalue weighted by molar-refractivity contribution is -0.384. The van der Waals surface area contributed by atoms with Crippen LogP contribution in [0.5, 0.6) is 0 Å². The van der Waals surface area contributed by atoms with Crippen LogP contribution in [0.25, 0.3) is 0 Å².